The van der Waals surface area contributed by atoms with Crippen LogP contribution >= 0.6 is 22.9 Å². The highest BCUT2D eigenvalue weighted by atomic mass is 35.5. The Balaban J connectivity index is 1.43. The fraction of sp³-hybridized carbons (Fsp3) is 0.350. The lowest BCUT2D eigenvalue weighted by atomic mass is 10.00. The summed E-state index contributed by atoms with van der Waals surface area (Å²) in [5.41, 5.74) is 3.72. The van der Waals surface area contributed by atoms with Gasteiger partial charge in [0.1, 0.15) is 6.10 Å². The summed E-state index contributed by atoms with van der Waals surface area (Å²) in [5, 5.41) is 14.7. The molecule has 7 nitrogen and oxygen atoms in total. The molecule has 0 saturated carbocycles. The molecular formula is C20H21ClN4O3S. The van der Waals surface area contributed by atoms with E-state index in [9.17, 15) is 4.79 Å². The van der Waals surface area contributed by atoms with Crippen LogP contribution in [0.25, 0.3) is 0 Å². The third kappa shape index (κ3) is 4.60. The molecule has 1 atom stereocenters. The highest BCUT2D eigenvalue weighted by Gasteiger charge is 2.26. The van der Waals surface area contributed by atoms with Crippen LogP contribution in [0.4, 0.5) is 5.69 Å². The fourth-order valence-electron chi connectivity index (χ4n) is 3.38. The van der Waals surface area contributed by atoms with Crippen molar-refractivity contribution in [3.05, 3.63) is 50.7 Å². The number of nitrogens with one attached hydrogen (secondary N) is 2. The van der Waals surface area contributed by atoms with Gasteiger partial charge in [0, 0.05) is 37.0 Å². The van der Waals surface area contributed by atoms with Crippen LogP contribution in [0, 0.1) is 5.41 Å². The van der Waals surface area contributed by atoms with Gasteiger partial charge in [-0.1, -0.05) is 28.9 Å². The van der Waals surface area contributed by atoms with Gasteiger partial charge in [0.25, 0.3) is 5.91 Å². The third-order valence-electron chi connectivity index (χ3n) is 4.87. The van der Waals surface area contributed by atoms with Crippen molar-refractivity contribution in [1.29, 1.82) is 5.41 Å². The van der Waals surface area contributed by atoms with Crippen molar-refractivity contribution < 1.29 is 14.4 Å². The molecule has 1 amide bonds. The summed E-state index contributed by atoms with van der Waals surface area (Å²) in [4.78, 5) is 20.6. The number of carbonyl (C=O) groups excluding carboxylic acids is 1. The molecule has 2 aliphatic heterocycles. The van der Waals surface area contributed by atoms with Crippen molar-refractivity contribution in [3.8, 4) is 0 Å². The molecule has 1 saturated heterocycles. The monoisotopic (exact) mass is 432 g/mol. The summed E-state index contributed by atoms with van der Waals surface area (Å²) in [7, 11) is 0. The largest absolute Gasteiger partial charge is 0.390 e. The molecule has 2 N–H and O–H groups in total. The Morgan fingerprint density at radius 1 is 1.34 bits per heavy atom. The zero-order valence-electron chi connectivity index (χ0n) is 15.7. The van der Waals surface area contributed by atoms with E-state index in [1.165, 1.54) is 17.6 Å². The van der Waals surface area contributed by atoms with Crippen molar-refractivity contribution in [1.82, 2.24) is 5.32 Å². The van der Waals surface area contributed by atoms with Crippen LogP contribution in [0.5, 0.6) is 0 Å². The summed E-state index contributed by atoms with van der Waals surface area (Å²) in [5.74, 6) is -0.164. The molecule has 3 heterocycles. The van der Waals surface area contributed by atoms with Crippen molar-refractivity contribution in [2.75, 3.05) is 37.7 Å². The minimum absolute atomic E-state index is 0.164. The molecule has 0 spiro atoms. The van der Waals surface area contributed by atoms with Gasteiger partial charge in [-0.15, -0.1) is 11.3 Å². The topological polar surface area (TPSA) is 87.0 Å². The van der Waals surface area contributed by atoms with E-state index < -0.39 is 0 Å². The third-order valence-corrected chi connectivity index (χ3v) is 6.10. The number of thiophene rings is 1. The number of morpholine rings is 1. The fourth-order valence-corrected chi connectivity index (χ4v) is 4.33. The molecule has 29 heavy (non-hydrogen) atoms. The van der Waals surface area contributed by atoms with Crippen LogP contribution < -0.4 is 10.2 Å². The number of benzene rings is 1. The molecule has 2 aliphatic rings. The first kappa shape index (κ1) is 19.9. The Kier molecular flexibility index (Phi) is 6.13. The molecule has 9 heteroatoms. The van der Waals surface area contributed by atoms with E-state index in [0.29, 0.717) is 35.4 Å². The molecule has 1 aromatic heterocycles. The summed E-state index contributed by atoms with van der Waals surface area (Å²) in [6, 6.07) is 9.32. The predicted molar refractivity (Wildman–Crippen MR) is 115 cm³/mol. The first-order valence-corrected chi connectivity index (χ1v) is 10.6. The second kappa shape index (κ2) is 8.94. The van der Waals surface area contributed by atoms with E-state index in [1.54, 1.807) is 12.1 Å². The smallest absolute Gasteiger partial charge is 0.261 e. The number of rotatable bonds is 6. The first-order chi connectivity index (χ1) is 14.1. The van der Waals surface area contributed by atoms with Crippen LogP contribution in [-0.2, 0) is 9.57 Å². The average Bonchev–Trinajstić information content (AvgIpc) is 3.41. The van der Waals surface area contributed by atoms with Gasteiger partial charge in [0.2, 0.25) is 0 Å². The SMILES string of the molecule is N=Cc1ccc(C2=NOC(CNC(=O)c3ccc(Cl)s3)C2)c(N2CCOCC2)c1. The van der Waals surface area contributed by atoms with Gasteiger partial charge in [-0.25, -0.2) is 0 Å². The maximum atomic E-state index is 12.2. The maximum absolute atomic E-state index is 12.2. The Bertz CT molecular complexity index is 940. The van der Waals surface area contributed by atoms with E-state index in [2.05, 4.69) is 15.4 Å². The lowest BCUT2D eigenvalue weighted by Crippen LogP contribution is -2.37. The van der Waals surface area contributed by atoms with E-state index >= 15 is 0 Å². The van der Waals surface area contributed by atoms with E-state index in [4.69, 9.17) is 26.6 Å². The van der Waals surface area contributed by atoms with Crippen LogP contribution in [0.1, 0.15) is 27.2 Å². The number of carbonyl (C=O) groups is 1. The van der Waals surface area contributed by atoms with Gasteiger partial charge >= 0.3 is 0 Å². The van der Waals surface area contributed by atoms with Gasteiger partial charge < -0.3 is 25.2 Å². The molecule has 152 valence electrons. The summed E-state index contributed by atoms with van der Waals surface area (Å²) in [6.45, 7) is 3.32. The Labute approximate surface area is 177 Å². The molecule has 0 aliphatic carbocycles. The van der Waals surface area contributed by atoms with Gasteiger partial charge in [0.15, 0.2) is 0 Å². The van der Waals surface area contributed by atoms with Crippen molar-refractivity contribution in [3.63, 3.8) is 0 Å². The van der Waals surface area contributed by atoms with Crippen molar-refractivity contribution >= 4 is 46.5 Å². The highest BCUT2D eigenvalue weighted by Crippen LogP contribution is 2.28. The lowest BCUT2D eigenvalue weighted by molar-refractivity contribution is 0.0755. The van der Waals surface area contributed by atoms with Crippen LogP contribution in [0.3, 0.4) is 0 Å². The zero-order valence-corrected chi connectivity index (χ0v) is 17.3. The summed E-state index contributed by atoms with van der Waals surface area (Å²) in [6.07, 6.45) is 1.73. The minimum atomic E-state index is -0.218. The summed E-state index contributed by atoms with van der Waals surface area (Å²) >= 11 is 7.14. The molecule has 1 unspecified atom stereocenters. The molecule has 1 fully saturated rings. The molecule has 2 aromatic rings. The molecule has 4 rings (SSSR count). The minimum Gasteiger partial charge on any atom is -0.390 e. The number of anilines is 1. The second-order valence-corrected chi connectivity index (χ2v) is 8.52. The molecular weight excluding hydrogens is 412 g/mol. The zero-order chi connectivity index (χ0) is 20.2. The molecule has 0 bridgehead atoms. The number of halogens is 1. The molecule has 1 aromatic carbocycles. The average molecular weight is 433 g/mol. The van der Waals surface area contributed by atoms with Gasteiger partial charge in [-0.2, -0.15) is 0 Å². The van der Waals surface area contributed by atoms with E-state index in [-0.39, 0.29) is 12.0 Å². The van der Waals surface area contributed by atoms with Gasteiger partial charge in [0.05, 0.1) is 34.7 Å². The Morgan fingerprint density at radius 3 is 2.90 bits per heavy atom. The number of ether oxygens (including phenoxy) is 1. The highest BCUT2D eigenvalue weighted by molar-refractivity contribution is 7.18. The standard InChI is InChI=1S/C20H21ClN4O3S/c21-19-4-3-18(29-19)20(26)23-12-14-10-16(24-28-14)15-2-1-13(11-22)9-17(15)25-5-7-27-8-6-25/h1-4,9,11,14,22H,5-8,10,12H2,(H,23,26). The van der Waals surface area contributed by atoms with E-state index in [0.717, 1.165) is 35.6 Å². The van der Waals surface area contributed by atoms with Gasteiger partial charge in [-0.3, -0.25) is 4.79 Å². The normalized spacial score (nSPS) is 18.9. The molecule has 0 radical (unpaired) electrons. The predicted octanol–water partition coefficient (Wildman–Crippen LogP) is 3.16. The number of nitrogens with zero attached hydrogens (tertiary/aromatic N) is 2. The van der Waals surface area contributed by atoms with Crippen LogP contribution in [0.2, 0.25) is 4.34 Å². The second-order valence-electron chi connectivity index (χ2n) is 6.80. The first-order valence-electron chi connectivity index (χ1n) is 9.38. The lowest BCUT2D eigenvalue weighted by Gasteiger charge is -2.30. The van der Waals surface area contributed by atoms with Crippen molar-refractivity contribution in [2.24, 2.45) is 5.16 Å². The van der Waals surface area contributed by atoms with E-state index in [1.807, 2.05) is 18.2 Å². The Morgan fingerprint density at radius 2 is 2.17 bits per heavy atom. The van der Waals surface area contributed by atoms with Gasteiger partial charge in [-0.05, 0) is 23.8 Å². The quantitative estimate of drug-likeness (QED) is 0.686. The number of oxime groups is 1. The number of hydrogen-bond donors (Lipinski definition) is 2. The number of hydrogen-bond acceptors (Lipinski definition) is 7. The summed E-state index contributed by atoms with van der Waals surface area (Å²) < 4.78 is 6.05. The van der Waals surface area contributed by atoms with Crippen LogP contribution in [-0.4, -0.2) is 56.8 Å². The Hall–Kier alpha value is -2.42. The van der Waals surface area contributed by atoms with Crippen LogP contribution in [0.15, 0.2) is 35.5 Å². The number of amides is 1. The van der Waals surface area contributed by atoms with Crippen molar-refractivity contribution in [2.45, 2.75) is 12.5 Å². The maximum Gasteiger partial charge on any atom is 0.261 e.